The van der Waals surface area contributed by atoms with Gasteiger partial charge in [-0.3, -0.25) is 0 Å². The fourth-order valence-electron chi connectivity index (χ4n) is 1.22. The molecule has 0 aromatic rings. The molecule has 0 aliphatic heterocycles. The van der Waals surface area contributed by atoms with E-state index in [-0.39, 0.29) is 6.10 Å². The Morgan fingerprint density at radius 1 is 1.38 bits per heavy atom. The van der Waals surface area contributed by atoms with Gasteiger partial charge < -0.3 is 9.47 Å². The first-order chi connectivity index (χ1) is 6.15. The third kappa shape index (κ3) is 4.89. The molecule has 0 fully saturated rings. The number of methoxy groups -OCH3 is 2. The normalized spacial score (nSPS) is 12.7. The molecule has 0 spiro atoms. The van der Waals surface area contributed by atoms with Gasteiger partial charge in [-0.25, -0.2) is 0 Å². The molecule has 0 aliphatic carbocycles. The van der Waals surface area contributed by atoms with Crippen LogP contribution in [0.1, 0.15) is 20.3 Å². The van der Waals surface area contributed by atoms with Crippen LogP contribution < -0.4 is 0 Å². The first-order valence-electron chi connectivity index (χ1n) is 4.56. The molecule has 1 atom stereocenters. The summed E-state index contributed by atoms with van der Waals surface area (Å²) in [5, 5.41) is 0. The fraction of sp³-hybridized carbons (Fsp3) is 0.727. The van der Waals surface area contributed by atoms with E-state index in [0.717, 1.165) is 12.0 Å². The number of ether oxygens (including phenoxy) is 2. The van der Waals surface area contributed by atoms with Gasteiger partial charge in [0, 0.05) is 19.8 Å². The highest BCUT2D eigenvalue weighted by Crippen LogP contribution is 2.14. The zero-order valence-corrected chi connectivity index (χ0v) is 9.09. The Morgan fingerprint density at radius 2 is 2.00 bits per heavy atom. The van der Waals surface area contributed by atoms with Crippen molar-refractivity contribution in [3.8, 4) is 0 Å². The van der Waals surface area contributed by atoms with Gasteiger partial charge in [0.2, 0.25) is 0 Å². The zero-order valence-electron chi connectivity index (χ0n) is 9.09. The summed E-state index contributed by atoms with van der Waals surface area (Å²) < 4.78 is 10.4. The van der Waals surface area contributed by atoms with Gasteiger partial charge in [-0.05, 0) is 12.3 Å². The van der Waals surface area contributed by atoms with Crippen LogP contribution in [0.15, 0.2) is 17.9 Å². The number of rotatable bonds is 6. The highest BCUT2D eigenvalue weighted by Gasteiger charge is 2.14. The maximum atomic E-state index is 5.35. The lowest BCUT2D eigenvalue weighted by molar-refractivity contribution is 0.0954. The lowest BCUT2D eigenvalue weighted by Crippen LogP contribution is -2.19. The van der Waals surface area contributed by atoms with E-state index in [1.54, 1.807) is 14.2 Å². The molecule has 0 N–H and O–H groups in total. The van der Waals surface area contributed by atoms with Crippen molar-refractivity contribution in [2.75, 3.05) is 20.8 Å². The second kappa shape index (κ2) is 6.90. The molecule has 0 aromatic carbocycles. The average molecular weight is 184 g/mol. The van der Waals surface area contributed by atoms with E-state index in [2.05, 4.69) is 26.2 Å². The standard InChI is InChI=1S/C11H20O2/c1-6-10(8-12-4)11(13-5)7-9(2)3/h9,11H,1,7-8H2,2-5H3. The van der Waals surface area contributed by atoms with E-state index in [0.29, 0.717) is 12.5 Å². The molecule has 2 heteroatoms. The molecule has 0 saturated heterocycles. The zero-order chi connectivity index (χ0) is 10.3. The Morgan fingerprint density at radius 3 is 2.31 bits per heavy atom. The maximum Gasteiger partial charge on any atom is 0.0880 e. The van der Waals surface area contributed by atoms with Crippen molar-refractivity contribution in [2.24, 2.45) is 5.92 Å². The molecule has 1 unspecified atom stereocenters. The van der Waals surface area contributed by atoms with Crippen LogP contribution in [0.25, 0.3) is 0 Å². The minimum atomic E-state index is 0.0949. The highest BCUT2D eigenvalue weighted by molar-refractivity contribution is 5.06. The summed E-state index contributed by atoms with van der Waals surface area (Å²) in [6.45, 7) is 8.52. The van der Waals surface area contributed by atoms with Crippen molar-refractivity contribution in [1.82, 2.24) is 0 Å². The molecule has 0 heterocycles. The lowest BCUT2D eigenvalue weighted by atomic mass is 10.0. The highest BCUT2D eigenvalue weighted by atomic mass is 16.5. The number of hydrogen-bond donors (Lipinski definition) is 0. The van der Waals surface area contributed by atoms with Crippen molar-refractivity contribution < 1.29 is 9.47 Å². The molecule has 13 heavy (non-hydrogen) atoms. The summed E-state index contributed by atoms with van der Waals surface area (Å²) in [5.41, 5.74) is 3.87. The van der Waals surface area contributed by atoms with Crippen LogP contribution in [-0.2, 0) is 9.47 Å². The van der Waals surface area contributed by atoms with Crippen molar-refractivity contribution in [3.05, 3.63) is 17.9 Å². The van der Waals surface area contributed by atoms with Crippen LogP contribution in [0.2, 0.25) is 0 Å². The van der Waals surface area contributed by atoms with Crippen molar-refractivity contribution in [3.63, 3.8) is 0 Å². The summed E-state index contributed by atoms with van der Waals surface area (Å²) in [5.74, 6) is 0.602. The van der Waals surface area contributed by atoms with E-state index in [1.165, 1.54) is 0 Å². The summed E-state index contributed by atoms with van der Waals surface area (Å²) >= 11 is 0. The maximum absolute atomic E-state index is 5.35. The lowest BCUT2D eigenvalue weighted by Gasteiger charge is -2.18. The molecule has 0 radical (unpaired) electrons. The Labute approximate surface area is 81.2 Å². The molecular weight excluding hydrogens is 164 g/mol. The van der Waals surface area contributed by atoms with Crippen LogP contribution >= 0.6 is 0 Å². The van der Waals surface area contributed by atoms with E-state index in [4.69, 9.17) is 9.47 Å². The molecule has 0 amide bonds. The molecule has 0 aromatic heterocycles. The Bertz CT molecular complexity index is 179. The first kappa shape index (κ1) is 12.4. The van der Waals surface area contributed by atoms with Crippen molar-refractivity contribution in [2.45, 2.75) is 26.4 Å². The van der Waals surface area contributed by atoms with E-state index in [1.807, 2.05) is 0 Å². The van der Waals surface area contributed by atoms with Crippen LogP contribution in [0.5, 0.6) is 0 Å². The predicted molar refractivity (Wildman–Crippen MR) is 54.8 cm³/mol. The van der Waals surface area contributed by atoms with Crippen molar-refractivity contribution >= 4 is 0 Å². The Kier molecular flexibility index (Phi) is 6.61. The molecule has 0 saturated carbocycles. The van der Waals surface area contributed by atoms with Gasteiger partial charge in [0.1, 0.15) is 0 Å². The summed E-state index contributed by atoms with van der Waals surface area (Å²) in [6.07, 6.45) is 1.08. The van der Waals surface area contributed by atoms with Gasteiger partial charge in [-0.2, -0.15) is 0 Å². The van der Waals surface area contributed by atoms with Crippen LogP contribution in [0, 0.1) is 5.92 Å². The van der Waals surface area contributed by atoms with Gasteiger partial charge in [0.05, 0.1) is 12.7 Å². The second-order valence-electron chi connectivity index (χ2n) is 3.49. The summed E-state index contributed by atoms with van der Waals surface area (Å²) in [4.78, 5) is 0. The molecule has 0 aliphatic rings. The van der Waals surface area contributed by atoms with Gasteiger partial charge in [-0.15, -0.1) is 5.73 Å². The first-order valence-corrected chi connectivity index (χ1v) is 4.56. The third-order valence-electron chi connectivity index (χ3n) is 1.89. The average Bonchev–Trinajstić information content (AvgIpc) is 2.10. The topological polar surface area (TPSA) is 18.5 Å². The fourth-order valence-corrected chi connectivity index (χ4v) is 1.22. The SMILES string of the molecule is C=C=C(COC)C(CC(C)C)OC. The summed E-state index contributed by atoms with van der Waals surface area (Å²) in [6, 6.07) is 0. The monoisotopic (exact) mass is 184 g/mol. The molecule has 0 bridgehead atoms. The van der Waals surface area contributed by atoms with E-state index >= 15 is 0 Å². The van der Waals surface area contributed by atoms with Crippen LogP contribution in [-0.4, -0.2) is 26.9 Å². The minimum Gasteiger partial charge on any atom is -0.380 e. The Balaban J connectivity index is 4.26. The quantitative estimate of drug-likeness (QED) is 0.590. The van der Waals surface area contributed by atoms with Gasteiger partial charge >= 0.3 is 0 Å². The van der Waals surface area contributed by atoms with Crippen LogP contribution in [0.4, 0.5) is 0 Å². The third-order valence-corrected chi connectivity index (χ3v) is 1.89. The predicted octanol–water partition coefficient (Wildman–Crippen LogP) is 2.41. The molecular formula is C11H20O2. The van der Waals surface area contributed by atoms with Crippen molar-refractivity contribution in [1.29, 1.82) is 0 Å². The van der Waals surface area contributed by atoms with E-state index in [9.17, 15) is 0 Å². The molecule has 0 rings (SSSR count). The van der Waals surface area contributed by atoms with Gasteiger partial charge in [-0.1, -0.05) is 20.4 Å². The summed E-state index contributed by atoms with van der Waals surface area (Å²) in [7, 11) is 3.37. The van der Waals surface area contributed by atoms with Gasteiger partial charge in [0.15, 0.2) is 0 Å². The van der Waals surface area contributed by atoms with Crippen LogP contribution in [0.3, 0.4) is 0 Å². The second-order valence-corrected chi connectivity index (χ2v) is 3.49. The minimum absolute atomic E-state index is 0.0949. The largest absolute Gasteiger partial charge is 0.380 e. The van der Waals surface area contributed by atoms with E-state index < -0.39 is 0 Å². The molecule has 2 nitrogen and oxygen atoms in total. The molecule has 76 valence electrons. The smallest absolute Gasteiger partial charge is 0.0880 e. The Hall–Kier alpha value is -0.560. The van der Waals surface area contributed by atoms with Gasteiger partial charge in [0.25, 0.3) is 0 Å². The number of hydrogen-bond acceptors (Lipinski definition) is 2.